The van der Waals surface area contributed by atoms with Gasteiger partial charge in [0, 0.05) is 12.5 Å². The molecule has 1 aliphatic heterocycles. The highest BCUT2D eigenvalue weighted by Crippen LogP contribution is 2.17. The highest BCUT2D eigenvalue weighted by Gasteiger charge is 2.30. The molecule has 0 aromatic rings. The molecule has 0 unspecified atom stereocenters. The maximum absolute atomic E-state index is 11.1. The van der Waals surface area contributed by atoms with Crippen molar-refractivity contribution in [3.63, 3.8) is 0 Å². The van der Waals surface area contributed by atoms with Crippen LogP contribution in [0.15, 0.2) is 0 Å². The van der Waals surface area contributed by atoms with Crippen LogP contribution >= 0.6 is 0 Å². The molecule has 0 aliphatic carbocycles. The Morgan fingerprint density at radius 1 is 1.64 bits per heavy atom. The van der Waals surface area contributed by atoms with Crippen LogP contribution in [0.2, 0.25) is 0 Å². The van der Waals surface area contributed by atoms with Crippen molar-refractivity contribution in [3.05, 3.63) is 0 Å². The number of hydrogen-bond donors (Lipinski definition) is 1. The summed E-state index contributed by atoms with van der Waals surface area (Å²) in [6.45, 7) is 6.91. The molecular formula is C10H19NO3. The van der Waals surface area contributed by atoms with E-state index in [1.807, 2.05) is 20.8 Å². The van der Waals surface area contributed by atoms with Gasteiger partial charge in [-0.2, -0.15) is 0 Å². The smallest absolute Gasteiger partial charge is 0.305 e. The molecule has 1 heterocycles. The zero-order valence-corrected chi connectivity index (χ0v) is 9.13. The van der Waals surface area contributed by atoms with E-state index >= 15 is 0 Å². The largest absolute Gasteiger partial charge is 0.466 e. The summed E-state index contributed by atoms with van der Waals surface area (Å²) >= 11 is 0. The van der Waals surface area contributed by atoms with Crippen LogP contribution < -0.4 is 5.32 Å². The average molecular weight is 201 g/mol. The van der Waals surface area contributed by atoms with E-state index in [4.69, 9.17) is 9.47 Å². The number of carbonyl (C=O) groups is 1. The quantitative estimate of drug-likeness (QED) is 0.691. The molecule has 4 heteroatoms. The molecule has 4 nitrogen and oxygen atoms in total. The summed E-state index contributed by atoms with van der Waals surface area (Å²) < 4.78 is 10.3. The molecule has 1 atom stereocenters. The molecule has 0 bridgehead atoms. The predicted octanol–water partition coefficient (Wildman–Crippen LogP) is 1.05. The fourth-order valence-corrected chi connectivity index (χ4v) is 1.56. The Labute approximate surface area is 85.0 Å². The lowest BCUT2D eigenvalue weighted by molar-refractivity contribution is -0.143. The van der Waals surface area contributed by atoms with Crippen molar-refractivity contribution in [3.8, 4) is 0 Å². The molecule has 82 valence electrons. The van der Waals surface area contributed by atoms with Crippen LogP contribution in [0.25, 0.3) is 0 Å². The van der Waals surface area contributed by atoms with Crippen molar-refractivity contribution in [2.75, 3.05) is 13.2 Å². The summed E-state index contributed by atoms with van der Waals surface area (Å²) in [5.41, 5.74) is -0.251. The molecule has 0 saturated carbocycles. The lowest BCUT2D eigenvalue weighted by Crippen LogP contribution is -2.38. The summed E-state index contributed by atoms with van der Waals surface area (Å²) in [5, 5.41) is 3.30. The van der Waals surface area contributed by atoms with Crippen molar-refractivity contribution in [2.24, 2.45) is 0 Å². The van der Waals surface area contributed by atoms with Crippen molar-refractivity contribution in [2.45, 2.75) is 45.4 Å². The van der Waals surface area contributed by atoms with Crippen LogP contribution in [-0.2, 0) is 14.3 Å². The van der Waals surface area contributed by atoms with Gasteiger partial charge in [-0.3, -0.25) is 10.1 Å². The topological polar surface area (TPSA) is 47.6 Å². The molecule has 1 rings (SSSR count). The van der Waals surface area contributed by atoms with Gasteiger partial charge in [0.2, 0.25) is 0 Å². The number of ether oxygens (including phenoxy) is 2. The third-order valence-electron chi connectivity index (χ3n) is 2.20. The fraction of sp³-hybridized carbons (Fsp3) is 0.900. The Morgan fingerprint density at radius 2 is 2.36 bits per heavy atom. The second kappa shape index (κ2) is 4.75. The number of esters is 1. The van der Waals surface area contributed by atoms with Crippen LogP contribution in [-0.4, -0.2) is 30.9 Å². The molecule has 0 spiro atoms. The SMILES string of the molecule is CCOC(=O)CC[C@@H]1COC(C)(C)N1. The van der Waals surface area contributed by atoms with Gasteiger partial charge in [0.1, 0.15) is 5.72 Å². The number of nitrogens with one attached hydrogen (secondary N) is 1. The van der Waals surface area contributed by atoms with Crippen LogP contribution in [0.1, 0.15) is 33.6 Å². The first-order chi connectivity index (χ1) is 6.53. The Kier molecular flexibility index (Phi) is 3.89. The van der Waals surface area contributed by atoms with Crippen molar-refractivity contribution < 1.29 is 14.3 Å². The standard InChI is InChI=1S/C10H19NO3/c1-4-13-9(12)6-5-8-7-14-10(2,3)11-8/h8,11H,4-7H2,1-3H3/t8-/m1/s1. The normalized spacial score (nSPS) is 24.9. The van der Waals surface area contributed by atoms with Gasteiger partial charge in [-0.05, 0) is 27.2 Å². The molecule has 0 amide bonds. The fourth-order valence-electron chi connectivity index (χ4n) is 1.56. The van der Waals surface area contributed by atoms with Crippen molar-refractivity contribution >= 4 is 5.97 Å². The minimum Gasteiger partial charge on any atom is -0.466 e. The molecule has 0 radical (unpaired) electrons. The molecule has 1 saturated heterocycles. The third-order valence-corrected chi connectivity index (χ3v) is 2.20. The lowest BCUT2D eigenvalue weighted by atomic mass is 10.1. The molecular weight excluding hydrogens is 182 g/mol. The minimum absolute atomic E-state index is 0.126. The predicted molar refractivity (Wildman–Crippen MR) is 52.8 cm³/mol. The Morgan fingerprint density at radius 3 is 2.86 bits per heavy atom. The second-order valence-corrected chi connectivity index (χ2v) is 4.01. The van der Waals surface area contributed by atoms with Gasteiger partial charge >= 0.3 is 5.97 Å². The van der Waals surface area contributed by atoms with E-state index < -0.39 is 0 Å². The van der Waals surface area contributed by atoms with E-state index in [-0.39, 0.29) is 17.7 Å². The van der Waals surface area contributed by atoms with Crippen molar-refractivity contribution in [1.29, 1.82) is 0 Å². The average Bonchev–Trinajstić information content (AvgIpc) is 2.43. The van der Waals surface area contributed by atoms with E-state index in [0.29, 0.717) is 19.6 Å². The zero-order valence-electron chi connectivity index (χ0n) is 9.13. The molecule has 0 aromatic carbocycles. The third kappa shape index (κ3) is 3.64. The van der Waals surface area contributed by atoms with Crippen LogP contribution in [0.5, 0.6) is 0 Å². The zero-order chi connectivity index (χ0) is 10.6. The first kappa shape index (κ1) is 11.5. The highest BCUT2D eigenvalue weighted by molar-refractivity contribution is 5.69. The summed E-state index contributed by atoms with van der Waals surface area (Å²) in [6.07, 6.45) is 1.24. The van der Waals surface area contributed by atoms with Crippen molar-refractivity contribution in [1.82, 2.24) is 5.32 Å². The van der Waals surface area contributed by atoms with E-state index in [2.05, 4.69) is 5.32 Å². The number of hydrogen-bond acceptors (Lipinski definition) is 4. The first-order valence-electron chi connectivity index (χ1n) is 5.11. The van der Waals surface area contributed by atoms with Gasteiger partial charge in [0.15, 0.2) is 0 Å². The molecule has 1 aliphatic rings. The first-order valence-corrected chi connectivity index (χ1v) is 5.11. The molecule has 14 heavy (non-hydrogen) atoms. The van der Waals surface area contributed by atoms with Crippen LogP contribution in [0, 0.1) is 0 Å². The monoisotopic (exact) mass is 201 g/mol. The lowest BCUT2D eigenvalue weighted by Gasteiger charge is -2.17. The maximum atomic E-state index is 11.1. The van der Waals surface area contributed by atoms with Crippen LogP contribution in [0.3, 0.4) is 0 Å². The van der Waals surface area contributed by atoms with E-state index in [1.165, 1.54) is 0 Å². The minimum atomic E-state index is -0.251. The molecule has 1 fully saturated rings. The highest BCUT2D eigenvalue weighted by atomic mass is 16.5. The summed E-state index contributed by atoms with van der Waals surface area (Å²) in [4.78, 5) is 11.1. The number of carbonyl (C=O) groups excluding carboxylic acids is 1. The summed E-state index contributed by atoms with van der Waals surface area (Å²) in [5.74, 6) is -0.126. The van der Waals surface area contributed by atoms with Gasteiger partial charge in [0.05, 0.1) is 13.2 Å². The second-order valence-electron chi connectivity index (χ2n) is 4.01. The Balaban J connectivity index is 2.17. The summed E-state index contributed by atoms with van der Waals surface area (Å²) in [7, 11) is 0. The Bertz CT molecular complexity index is 204. The molecule has 0 aromatic heterocycles. The van der Waals surface area contributed by atoms with E-state index in [0.717, 1.165) is 6.42 Å². The van der Waals surface area contributed by atoms with Gasteiger partial charge in [0.25, 0.3) is 0 Å². The van der Waals surface area contributed by atoms with Gasteiger partial charge in [-0.25, -0.2) is 0 Å². The van der Waals surface area contributed by atoms with E-state index in [9.17, 15) is 4.79 Å². The van der Waals surface area contributed by atoms with Crippen LogP contribution in [0.4, 0.5) is 0 Å². The van der Waals surface area contributed by atoms with Gasteiger partial charge in [-0.1, -0.05) is 0 Å². The molecule has 1 N–H and O–H groups in total. The maximum Gasteiger partial charge on any atom is 0.305 e. The summed E-state index contributed by atoms with van der Waals surface area (Å²) in [6, 6.07) is 0.273. The number of rotatable bonds is 4. The van der Waals surface area contributed by atoms with E-state index in [1.54, 1.807) is 0 Å². The Hall–Kier alpha value is -0.610. The van der Waals surface area contributed by atoms with Gasteiger partial charge in [-0.15, -0.1) is 0 Å². The van der Waals surface area contributed by atoms with Gasteiger partial charge < -0.3 is 9.47 Å².